The first-order chi connectivity index (χ1) is 7.65. The predicted molar refractivity (Wildman–Crippen MR) is 63.9 cm³/mol. The van der Waals surface area contributed by atoms with Gasteiger partial charge in [0.1, 0.15) is 5.54 Å². The lowest BCUT2D eigenvalue weighted by molar-refractivity contribution is -0.124. The Balaban J connectivity index is 2.39. The Morgan fingerprint density at radius 1 is 1.25 bits per heavy atom. The molecule has 1 fully saturated rings. The van der Waals surface area contributed by atoms with E-state index in [0.29, 0.717) is 0 Å². The average Bonchev–Trinajstić information content (AvgIpc) is 2.82. The molecule has 0 bridgehead atoms. The van der Waals surface area contributed by atoms with Gasteiger partial charge in [-0.15, -0.1) is 0 Å². The van der Waals surface area contributed by atoms with E-state index in [2.05, 4.69) is 0 Å². The lowest BCUT2D eigenvalue weighted by Gasteiger charge is -2.32. The van der Waals surface area contributed by atoms with Crippen LogP contribution in [0.3, 0.4) is 0 Å². The fourth-order valence-electron chi connectivity index (χ4n) is 2.79. The summed E-state index contributed by atoms with van der Waals surface area (Å²) in [5.41, 5.74) is 8.40. The predicted octanol–water partition coefficient (Wildman–Crippen LogP) is 2.94. The molecule has 1 aromatic carbocycles. The van der Waals surface area contributed by atoms with Gasteiger partial charge in [0.15, 0.2) is 5.78 Å². The van der Waals surface area contributed by atoms with Crippen LogP contribution in [0.5, 0.6) is 0 Å². The van der Waals surface area contributed by atoms with Crippen LogP contribution in [0.25, 0.3) is 0 Å². The minimum atomic E-state index is -1.02. The summed E-state index contributed by atoms with van der Waals surface area (Å²) >= 11 is 0. The molecule has 1 saturated carbocycles. The van der Waals surface area contributed by atoms with E-state index in [-0.39, 0.29) is 11.7 Å². The summed E-state index contributed by atoms with van der Waals surface area (Å²) in [5.74, 6) is 0.179. The van der Waals surface area contributed by atoms with Gasteiger partial charge in [-0.3, -0.25) is 4.79 Å². The number of benzene rings is 1. The van der Waals surface area contributed by atoms with E-state index >= 15 is 0 Å². The molecule has 1 atom stereocenters. The summed E-state index contributed by atoms with van der Waals surface area (Å²) in [6, 6.07) is 9.57. The average molecular weight is 216 g/mol. The third-order valence-electron chi connectivity index (χ3n) is 3.75. The topological polar surface area (TPSA) is 40.9 Å². The maximum absolute atomic E-state index is 11.9. The van der Waals surface area contributed by atoms with Crippen molar-refractivity contribution in [3.8, 4) is 0 Å². The van der Waals surface area contributed by atoms with Gasteiger partial charge >= 0.3 is 0 Å². The van der Waals surface area contributed by atoms with Crippen LogP contribution >= 0.6 is 0 Å². The number of hydrogen-bond acceptors (Lipinski definition) is 1. The lowest BCUT2D eigenvalue weighted by Crippen LogP contribution is -2.42. The molecule has 0 aromatic heterocycles. The van der Waals surface area contributed by atoms with Crippen LogP contribution in [0.1, 0.15) is 38.2 Å². The van der Waals surface area contributed by atoms with E-state index in [4.69, 9.17) is 5.73 Å². The van der Waals surface area contributed by atoms with Crippen LogP contribution in [-0.2, 0) is 10.3 Å². The molecular formula is C14H18NO. The second-order valence-electron chi connectivity index (χ2n) is 4.71. The first kappa shape index (κ1) is 11.3. The van der Waals surface area contributed by atoms with Gasteiger partial charge in [-0.25, -0.2) is 5.73 Å². The van der Waals surface area contributed by atoms with Gasteiger partial charge in [0, 0.05) is 0 Å². The van der Waals surface area contributed by atoms with Crippen molar-refractivity contribution in [2.24, 2.45) is 5.92 Å². The van der Waals surface area contributed by atoms with Gasteiger partial charge in [0.05, 0.1) is 0 Å². The molecule has 0 aliphatic heterocycles. The Labute approximate surface area is 96.8 Å². The van der Waals surface area contributed by atoms with Crippen molar-refractivity contribution < 1.29 is 4.79 Å². The van der Waals surface area contributed by atoms with Gasteiger partial charge < -0.3 is 0 Å². The molecule has 0 spiro atoms. The number of nitrogens with one attached hydrogen (secondary N) is 1. The Morgan fingerprint density at radius 2 is 1.81 bits per heavy atom. The molecule has 0 amide bonds. The van der Waals surface area contributed by atoms with E-state index < -0.39 is 5.54 Å². The van der Waals surface area contributed by atoms with Crippen LogP contribution in [-0.4, -0.2) is 5.78 Å². The van der Waals surface area contributed by atoms with Crippen LogP contribution in [0, 0.1) is 5.92 Å². The van der Waals surface area contributed by atoms with Crippen LogP contribution in [0.4, 0.5) is 0 Å². The summed E-state index contributed by atoms with van der Waals surface area (Å²) < 4.78 is 0. The van der Waals surface area contributed by atoms with Crippen molar-refractivity contribution in [1.82, 2.24) is 5.73 Å². The van der Waals surface area contributed by atoms with Gasteiger partial charge in [0.2, 0.25) is 0 Å². The third-order valence-corrected chi connectivity index (χ3v) is 3.75. The van der Waals surface area contributed by atoms with Gasteiger partial charge in [-0.2, -0.15) is 0 Å². The second kappa shape index (κ2) is 4.38. The Kier molecular flexibility index (Phi) is 3.10. The lowest BCUT2D eigenvalue weighted by atomic mass is 9.75. The van der Waals surface area contributed by atoms with E-state index in [1.807, 2.05) is 30.3 Å². The third kappa shape index (κ3) is 1.78. The van der Waals surface area contributed by atoms with Crippen molar-refractivity contribution in [1.29, 1.82) is 0 Å². The highest BCUT2D eigenvalue weighted by Gasteiger charge is 2.42. The fraction of sp³-hybridized carbons (Fsp3) is 0.500. The molecule has 2 nitrogen and oxygen atoms in total. The maximum Gasteiger partial charge on any atom is 0.155 e. The highest BCUT2D eigenvalue weighted by molar-refractivity contribution is 5.87. The second-order valence-corrected chi connectivity index (χ2v) is 4.71. The molecule has 1 aromatic rings. The number of rotatable bonds is 3. The number of hydrogen-bond donors (Lipinski definition) is 0. The van der Waals surface area contributed by atoms with Crippen LogP contribution in [0.15, 0.2) is 30.3 Å². The summed E-state index contributed by atoms with van der Waals surface area (Å²) in [5, 5.41) is 0. The minimum absolute atomic E-state index is 0.0226. The van der Waals surface area contributed by atoms with E-state index in [1.54, 1.807) is 6.92 Å². The largest absolute Gasteiger partial charge is 0.297 e. The van der Waals surface area contributed by atoms with Crippen LogP contribution in [0.2, 0.25) is 0 Å². The fourth-order valence-corrected chi connectivity index (χ4v) is 2.79. The van der Waals surface area contributed by atoms with Gasteiger partial charge in [-0.1, -0.05) is 43.2 Å². The molecule has 0 saturated heterocycles. The zero-order chi connectivity index (χ0) is 11.6. The van der Waals surface area contributed by atoms with Crippen molar-refractivity contribution in [2.45, 2.75) is 38.1 Å². The van der Waals surface area contributed by atoms with E-state index in [0.717, 1.165) is 31.2 Å². The Morgan fingerprint density at radius 3 is 2.31 bits per heavy atom. The van der Waals surface area contributed by atoms with E-state index in [1.165, 1.54) is 0 Å². The molecule has 1 aliphatic carbocycles. The molecule has 2 heteroatoms. The molecule has 1 radical (unpaired) electrons. The smallest absolute Gasteiger partial charge is 0.155 e. The summed E-state index contributed by atoms with van der Waals surface area (Å²) in [6.45, 7) is 1.55. The van der Waals surface area contributed by atoms with Crippen LogP contribution < -0.4 is 5.73 Å². The molecule has 0 heterocycles. The van der Waals surface area contributed by atoms with E-state index in [9.17, 15) is 4.79 Å². The zero-order valence-corrected chi connectivity index (χ0v) is 9.70. The first-order valence-electron chi connectivity index (χ1n) is 5.97. The molecular weight excluding hydrogens is 198 g/mol. The highest BCUT2D eigenvalue weighted by Crippen LogP contribution is 2.40. The summed E-state index contributed by atoms with van der Waals surface area (Å²) in [6.07, 6.45) is 4.34. The number of Topliss-reactive ketones (excluding diaryl/α,β-unsaturated/α-hetero) is 1. The SMILES string of the molecule is CC(=O)C([NH])(c1ccccc1)C1CCCC1. The maximum atomic E-state index is 11.9. The molecule has 16 heavy (non-hydrogen) atoms. The zero-order valence-electron chi connectivity index (χ0n) is 9.70. The summed E-state index contributed by atoms with van der Waals surface area (Å²) in [7, 11) is 0. The van der Waals surface area contributed by atoms with Crippen molar-refractivity contribution in [3.05, 3.63) is 35.9 Å². The standard InChI is InChI=1S/C14H18NO/c1-11(16)14(15,13-9-5-6-10-13)12-7-3-2-4-8-12/h2-4,7-8,13,15H,5-6,9-10H2,1H3. The number of carbonyl (C=O) groups excluding carboxylic acids is 1. The molecule has 1 N–H and O–H groups in total. The molecule has 85 valence electrons. The first-order valence-corrected chi connectivity index (χ1v) is 5.97. The summed E-state index contributed by atoms with van der Waals surface area (Å²) in [4.78, 5) is 11.9. The van der Waals surface area contributed by atoms with Crippen molar-refractivity contribution >= 4 is 5.78 Å². The van der Waals surface area contributed by atoms with Gasteiger partial charge in [0.25, 0.3) is 0 Å². The highest BCUT2D eigenvalue weighted by atomic mass is 16.1. The Hall–Kier alpha value is -1.15. The molecule has 1 aliphatic rings. The van der Waals surface area contributed by atoms with Crippen molar-refractivity contribution in [3.63, 3.8) is 0 Å². The van der Waals surface area contributed by atoms with Gasteiger partial charge in [-0.05, 0) is 31.2 Å². The minimum Gasteiger partial charge on any atom is -0.297 e. The Bertz CT molecular complexity index is 368. The number of ketones is 1. The monoisotopic (exact) mass is 216 g/mol. The molecule has 1 unspecified atom stereocenters. The van der Waals surface area contributed by atoms with Crippen molar-refractivity contribution in [2.75, 3.05) is 0 Å². The quantitative estimate of drug-likeness (QED) is 0.765. The normalized spacial score (nSPS) is 20.6. The number of carbonyl (C=O) groups is 1. The molecule has 2 rings (SSSR count).